The Morgan fingerprint density at radius 1 is 1.20 bits per heavy atom. The third-order valence-corrected chi connectivity index (χ3v) is 4.97. The summed E-state index contributed by atoms with van der Waals surface area (Å²) in [4.78, 5) is 14.3. The molecule has 1 unspecified atom stereocenters. The van der Waals surface area contributed by atoms with Crippen LogP contribution in [0.1, 0.15) is 36.9 Å². The molecule has 1 aromatic heterocycles. The van der Waals surface area contributed by atoms with Crippen LogP contribution in [0.3, 0.4) is 0 Å². The van der Waals surface area contributed by atoms with Crippen LogP contribution in [0.2, 0.25) is 0 Å². The number of hydrogen-bond acceptors (Lipinski definition) is 5. The molecule has 1 saturated heterocycles. The number of aromatic nitrogens is 3. The first-order valence-corrected chi connectivity index (χ1v) is 8.63. The van der Waals surface area contributed by atoms with Crippen LogP contribution >= 0.6 is 0 Å². The molecule has 1 atom stereocenters. The summed E-state index contributed by atoms with van der Waals surface area (Å²) < 4.78 is 12.5. The maximum Gasteiger partial charge on any atom is 0.321 e. The lowest BCUT2D eigenvalue weighted by molar-refractivity contribution is 0.174. The highest BCUT2D eigenvalue weighted by atomic mass is 16.7. The zero-order chi connectivity index (χ0) is 16.8. The highest BCUT2D eigenvalue weighted by Gasteiger charge is 2.31. The molecular formula is C17H19N5O3. The first-order chi connectivity index (χ1) is 12.3. The molecule has 5 rings (SSSR count). The Hall–Kier alpha value is -2.77. The van der Waals surface area contributed by atoms with Crippen LogP contribution in [0.4, 0.5) is 10.5 Å². The van der Waals surface area contributed by atoms with Crippen LogP contribution < -0.4 is 14.8 Å². The first-order valence-electron chi connectivity index (χ1n) is 8.63. The van der Waals surface area contributed by atoms with E-state index in [9.17, 15) is 4.79 Å². The number of fused-ring (bicyclic) bond motifs is 1. The van der Waals surface area contributed by atoms with Gasteiger partial charge in [-0.15, -0.1) is 5.10 Å². The Balaban J connectivity index is 1.22. The number of anilines is 1. The third-order valence-electron chi connectivity index (χ3n) is 4.97. The summed E-state index contributed by atoms with van der Waals surface area (Å²) in [5.41, 5.74) is 1.79. The van der Waals surface area contributed by atoms with E-state index in [1.807, 2.05) is 21.8 Å². The number of amides is 2. The van der Waals surface area contributed by atoms with E-state index in [2.05, 4.69) is 15.6 Å². The molecule has 0 spiro atoms. The van der Waals surface area contributed by atoms with E-state index >= 15 is 0 Å². The van der Waals surface area contributed by atoms with Crippen LogP contribution in [0, 0.1) is 0 Å². The molecule has 0 radical (unpaired) electrons. The van der Waals surface area contributed by atoms with Crippen molar-refractivity contribution in [1.29, 1.82) is 0 Å². The van der Waals surface area contributed by atoms with Crippen molar-refractivity contribution in [3.05, 3.63) is 30.1 Å². The molecule has 2 aliphatic heterocycles. The number of likely N-dealkylation sites (tertiary alicyclic amines) is 1. The predicted molar refractivity (Wildman–Crippen MR) is 88.8 cm³/mol. The van der Waals surface area contributed by atoms with E-state index in [1.165, 1.54) is 12.8 Å². The maximum absolute atomic E-state index is 12.5. The fraction of sp³-hybridized carbons (Fsp3) is 0.471. The zero-order valence-electron chi connectivity index (χ0n) is 13.7. The number of nitrogens with zero attached hydrogens (tertiary/aromatic N) is 4. The minimum atomic E-state index is -0.108. The highest BCUT2D eigenvalue weighted by Crippen LogP contribution is 2.39. The van der Waals surface area contributed by atoms with E-state index in [-0.39, 0.29) is 18.9 Å². The summed E-state index contributed by atoms with van der Waals surface area (Å²) in [7, 11) is 0. The van der Waals surface area contributed by atoms with Gasteiger partial charge in [-0.05, 0) is 31.4 Å². The molecule has 3 aliphatic rings. The van der Waals surface area contributed by atoms with Gasteiger partial charge >= 0.3 is 6.03 Å². The molecule has 1 N–H and O–H groups in total. The topological polar surface area (TPSA) is 81.5 Å². The van der Waals surface area contributed by atoms with Gasteiger partial charge < -0.3 is 19.7 Å². The summed E-state index contributed by atoms with van der Waals surface area (Å²) in [5.74, 6) is 1.96. The average Bonchev–Trinajstić information content (AvgIpc) is 3.07. The average molecular weight is 341 g/mol. The molecule has 3 heterocycles. The summed E-state index contributed by atoms with van der Waals surface area (Å²) in [5, 5.41) is 11.4. The summed E-state index contributed by atoms with van der Waals surface area (Å²) >= 11 is 0. The van der Waals surface area contributed by atoms with Crippen LogP contribution in [-0.2, 0) is 0 Å². The second-order valence-corrected chi connectivity index (χ2v) is 6.78. The Morgan fingerprint density at radius 2 is 2.08 bits per heavy atom. The number of hydrogen-bond donors (Lipinski definition) is 1. The largest absolute Gasteiger partial charge is 0.454 e. The minimum absolute atomic E-state index is 0.108. The quantitative estimate of drug-likeness (QED) is 0.927. The van der Waals surface area contributed by atoms with E-state index in [4.69, 9.17) is 9.47 Å². The Morgan fingerprint density at radius 3 is 2.96 bits per heavy atom. The summed E-state index contributed by atoms with van der Waals surface area (Å²) in [6.07, 6.45) is 5.37. The molecule has 0 bridgehead atoms. The number of nitrogens with one attached hydrogen (secondary N) is 1. The van der Waals surface area contributed by atoms with Gasteiger partial charge in [0.05, 0.1) is 11.7 Å². The van der Waals surface area contributed by atoms with E-state index in [0.717, 1.165) is 12.1 Å². The molecule has 2 amide bonds. The second-order valence-electron chi connectivity index (χ2n) is 6.78. The van der Waals surface area contributed by atoms with Gasteiger partial charge in [0.15, 0.2) is 11.5 Å². The van der Waals surface area contributed by atoms with Gasteiger partial charge in [0.2, 0.25) is 6.79 Å². The molecule has 1 aromatic carbocycles. The monoisotopic (exact) mass is 341 g/mol. The predicted octanol–water partition coefficient (Wildman–Crippen LogP) is 2.36. The van der Waals surface area contributed by atoms with Crippen LogP contribution in [0.25, 0.3) is 0 Å². The Labute approximate surface area is 144 Å². The molecule has 8 heteroatoms. The highest BCUT2D eigenvalue weighted by molar-refractivity contribution is 5.90. The van der Waals surface area contributed by atoms with Crippen LogP contribution in [0.5, 0.6) is 11.5 Å². The SMILES string of the molecule is O=C(Nc1ccc2c(c1)OCO2)N1CCC(n2cc(C3CC3)nn2)C1. The number of urea groups is 1. The van der Waals surface area contributed by atoms with E-state index < -0.39 is 0 Å². The third kappa shape index (κ3) is 2.77. The standard InChI is InChI=1S/C17H19N5O3/c23-17(18-12-3-4-15-16(7-12)25-10-24-15)21-6-5-13(8-21)22-9-14(19-20-22)11-1-2-11/h3-4,7,9,11,13H,1-2,5-6,8,10H2,(H,18,23). The molecule has 1 aliphatic carbocycles. The van der Waals surface area contributed by atoms with Gasteiger partial charge in [-0.2, -0.15) is 0 Å². The second kappa shape index (κ2) is 5.65. The Bertz CT molecular complexity index is 816. The van der Waals surface area contributed by atoms with Gasteiger partial charge in [-0.1, -0.05) is 5.21 Å². The fourth-order valence-corrected chi connectivity index (χ4v) is 3.35. The summed E-state index contributed by atoms with van der Waals surface area (Å²) in [6.45, 7) is 1.57. The maximum atomic E-state index is 12.5. The lowest BCUT2D eigenvalue weighted by Gasteiger charge is -2.17. The van der Waals surface area contributed by atoms with Crippen molar-refractivity contribution < 1.29 is 14.3 Å². The number of carbonyl (C=O) groups excluding carboxylic acids is 1. The normalized spacial score (nSPS) is 21.6. The van der Waals surface area contributed by atoms with Gasteiger partial charge in [0, 0.05) is 37.0 Å². The first kappa shape index (κ1) is 14.6. The fourth-order valence-electron chi connectivity index (χ4n) is 3.35. The zero-order valence-corrected chi connectivity index (χ0v) is 13.7. The van der Waals surface area contributed by atoms with Gasteiger partial charge in [0.1, 0.15) is 0 Å². The lowest BCUT2D eigenvalue weighted by Crippen LogP contribution is -2.33. The van der Waals surface area contributed by atoms with Gasteiger partial charge in [-0.3, -0.25) is 0 Å². The molecular weight excluding hydrogens is 322 g/mol. The van der Waals surface area contributed by atoms with Crippen molar-refractivity contribution in [1.82, 2.24) is 19.9 Å². The van der Waals surface area contributed by atoms with Crippen LogP contribution in [-0.4, -0.2) is 45.8 Å². The smallest absolute Gasteiger partial charge is 0.321 e. The van der Waals surface area contributed by atoms with Gasteiger partial charge in [0.25, 0.3) is 0 Å². The molecule has 2 fully saturated rings. The number of ether oxygens (including phenoxy) is 2. The van der Waals surface area contributed by atoms with Crippen molar-refractivity contribution in [2.45, 2.75) is 31.2 Å². The molecule has 2 aromatic rings. The van der Waals surface area contributed by atoms with Gasteiger partial charge in [-0.25, -0.2) is 9.48 Å². The van der Waals surface area contributed by atoms with Crippen molar-refractivity contribution in [2.24, 2.45) is 0 Å². The van der Waals surface area contributed by atoms with E-state index in [0.29, 0.717) is 36.2 Å². The van der Waals surface area contributed by atoms with Crippen molar-refractivity contribution >= 4 is 11.7 Å². The van der Waals surface area contributed by atoms with E-state index in [1.54, 1.807) is 12.1 Å². The molecule has 8 nitrogen and oxygen atoms in total. The Kier molecular flexibility index (Phi) is 3.29. The number of benzene rings is 1. The molecule has 1 saturated carbocycles. The van der Waals surface area contributed by atoms with Crippen molar-refractivity contribution in [2.75, 3.05) is 25.2 Å². The lowest BCUT2D eigenvalue weighted by atomic mass is 10.2. The van der Waals surface area contributed by atoms with Crippen molar-refractivity contribution in [3.63, 3.8) is 0 Å². The summed E-state index contributed by atoms with van der Waals surface area (Å²) in [6, 6.07) is 5.50. The molecule has 25 heavy (non-hydrogen) atoms. The van der Waals surface area contributed by atoms with Crippen LogP contribution in [0.15, 0.2) is 24.4 Å². The molecule has 130 valence electrons. The minimum Gasteiger partial charge on any atom is -0.454 e. The number of rotatable bonds is 3. The van der Waals surface area contributed by atoms with Crippen molar-refractivity contribution in [3.8, 4) is 11.5 Å². The number of carbonyl (C=O) groups is 1.